The number of aryl methyl sites for hydroxylation is 1. The predicted molar refractivity (Wildman–Crippen MR) is 127 cm³/mol. The topological polar surface area (TPSA) is 70.7 Å². The van der Waals surface area contributed by atoms with Crippen LogP contribution in [-0.4, -0.2) is 49.5 Å². The Morgan fingerprint density at radius 1 is 1.06 bits per heavy atom. The van der Waals surface area contributed by atoms with E-state index in [1.807, 2.05) is 51.1 Å². The Balaban J connectivity index is 1.69. The highest BCUT2D eigenvalue weighted by molar-refractivity contribution is 5.97. The van der Waals surface area contributed by atoms with E-state index >= 15 is 0 Å². The van der Waals surface area contributed by atoms with Crippen molar-refractivity contribution in [2.24, 2.45) is 5.92 Å². The van der Waals surface area contributed by atoms with E-state index in [1.165, 1.54) is 0 Å². The van der Waals surface area contributed by atoms with Gasteiger partial charge in [0, 0.05) is 12.1 Å². The molecule has 2 aromatic rings. The van der Waals surface area contributed by atoms with Crippen LogP contribution in [0.15, 0.2) is 48.5 Å². The third kappa shape index (κ3) is 6.10. The molecule has 2 amide bonds. The highest BCUT2D eigenvalue weighted by atomic mass is 16.5. The van der Waals surface area contributed by atoms with Crippen LogP contribution in [-0.2, 0) is 4.79 Å². The van der Waals surface area contributed by atoms with Gasteiger partial charge in [-0.15, -0.1) is 0 Å². The van der Waals surface area contributed by atoms with Crippen LogP contribution >= 0.6 is 0 Å². The Bertz CT molecular complexity index is 905. The Hall–Kier alpha value is -2.86. The van der Waals surface area contributed by atoms with Gasteiger partial charge in [0.1, 0.15) is 11.8 Å². The average Bonchev–Trinajstić information content (AvgIpc) is 3.32. The zero-order valence-corrected chi connectivity index (χ0v) is 19.6. The van der Waals surface area contributed by atoms with Crippen LogP contribution in [0.2, 0.25) is 0 Å². The molecule has 3 rings (SSSR count). The normalized spacial score (nSPS) is 15.9. The molecule has 1 fully saturated rings. The number of hydrogen-bond acceptors (Lipinski definition) is 4. The fourth-order valence-corrected chi connectivity index (χ4v) is 4.13. The van der Waals surface area contributed by atoms with E-state index in [-0.39, 0.29) is 23.8 Å². The van der Waals surface area contributed by atoms with Crippen molar-refractivity contribution < 1.29 is 14.3 Å². The number of carbonyl (C=O) groups excluding carboxylic acids is 2. The summed E-state index contributed by atoms with van der Waals surface area (Å²) in [6.45, 7) is 8.37. The summed E-state index contributed by atoms with van der Waals surface area (Å²) >= 11 is 0. The van der Waals surface area contributed by atoms with Crippen LogP contribution in [0.4, 0.5) is 0 Å². The lowest BCUT2D eigenvalue weighted by Crippen LogP contribution is -2.51. The number of ether oxygens (including phenoxy) is 1. The molecule has 0 aliphatic carbocycles. The highest BCUT2D eigenvalue weighted by Gasteiger charge is 2.28. The number of rotatable bonds is 9. The van der Waals surface area contributed by atoms with E-state index in [0.717, 1.165) is 42.8 Å². The summed E-state index contributed by atoms with van der Waals surface area (Å²) in [6.07, 6.45) is 2.32. The van der Waals surface area contributed by atoms with Gasteiger partial charge < -0.3 is 15.4 Å². The molecule has 6 nitrogen and oxygen atoms in total. The second-order valence-electron chi connectivity index (χ2n) is 8.84. The molecule has 1 saturated heterocycles. The molecule has 2 aromatic carbocycles. The number of benzene rings is 2. The Labute approximate surface area is 191 Å². The minimum Gasteiger partial charge on any atom is -0.497 e. The first-order valence-electron chi connectivity index (χ1n) is 11.4. The fraction of sp³-hybridized carbons (Fsp3) is 0.462. The smallest absolute Gasteiger partial charge is 0.251 e. The molecule has 2 atom stereocenters. The summed E-state index contributed by atoms with van der Waals surface area (Å²) in [4.78, 5) is 28.2. The third-order valence-corrected chi connectivity index (χ3v) is 6.08. The number of likely N-dealkylation sites (tertiary alicyclic amines) is 1. The third-order valence-electron chi connectivity index (χ3n) is 6.08. The number of hydrogen-bond donors (Lipinski definition) is 2. The lowest BCUT2D eigenvalue weighted by atomic mass is 10.0. The quantitative estimate of drug-likeness (QED) is 0.627. The van der Waals surface area contributed by atoms with Gasteiger partial charge in [-0.3, -0.25) is 14.5 Å². The van der Waals surface area contributed by atoms with E-state index in [1.54, 1.807) is 19.2 Å². The Morgan fingerprint density at radius 2 is 1.75 bits per heavy atom. The zero-order chi connectivity index (χ0) is 23.1. The van der Waals surface area contributed by atoms with E-state index in [2.05, 4.69) is 21.6 Å². The molecule has 1 heterocycles. The number of nitrogens with zero attached hydrogens (tertiary/aromatic N) is 1. The first-order valence-corrected chi connectivity index (χ1v) is 11.4. The van der Waals surface area contributed by atoms with Crippen LogP contribution in [0.5, 0.6) is 5.75 Å². The molecule has 6 heteroatoms. The van der Waals surface area contributed by atoms with E-state index < -0.39 is 6.04 Å². The molecule has 0 saturated carbocycles. The van der Waals surface area contributed by atoms with E-state index in [0.29, 0.717) is 12.1 Å². The van der Waals surface area contributed by atoms with Gasteiger partial charge in [-0.05, 0) is 68.6 Å². The first-order chi connectivity index (χ1) is 15.4. The Morgan fingerprint density at radius 3 is 2.38 bits per heavy atom. The van der Waals surface area contributed by atoms with Gasteiger partial charge in [-0.1, -0.05) is 43.7 Å². The lowest BCUT2D eigenvalue weighted by Gasteiger charge is -2.30. The summed E-state index contributed by atoms with van der Waals surface area (Å²) < 4.78 is 5.40. The minimum absolute atomic E-state index is 0.0357. The van der Waals surface area contributed by atoms with Crippen molar-refractivity contribution in [3.05, 3.63) is 65.2 Å². The molecular formula is C26H35N3O3. The van der Waals surface area contributed by atoms with Gasteiger partial charge in [-0.25, -0.2) is 0 Å². The van der Waals surface area contributed by atoms with Crippen LogP contribution in [0.1, 0.15) is 54.2 Å². The summed E-state index contributed by atoms with van der Waals surface area (Å²) in [5, 5.41) is 6.03. The van der Waals surface area contributed by atoms with Gasteiger partial charge in [-0.2, -0.15) is 0 Å². The van der Waals surface area contributed by atoms with Crippen LogP contribution in [0.25, 0.3) is 0 Å². The maximum absolute atomic E-state index is 13.1. The average molecular weight is 438 g/mol. The van der Waals surface area contributed by atoms with Gasteiger partial charge >= 0.3 is 0 Å². The first kappa shape index (κ1) is 23.8. The summed E-state index contributed by atoms with van der Waals surface area (Å²) in [7, 11) is 1.66. The maximum atomic E-state index is 13.1. The molecular weight excluding hydrogens is 402 g/mol. The lowest BCUT2D eigenvalue weighted by molar-refractivity contribution is -0.124. The fourth-order valence-electron chi connectivity index (χ4n) is 4.13. The van der Waals surface area contributed by atoms with Gasteiger partial charge in [0.25, 0.3) is 5.91 Å². The molecule has 1 aliphatic rings. The minimum atomic E-state index is -0.603. The molecule has 1 aliphatic heterocycles. The number of nitrogens with one attached hydrogen (secondary N) is 2. The number of amides is 2. The molecule has 2 unspecified atom stereocenters. The van der Waals surface area contributed by atoms with Crippen molar-refractivity contribution in [3.8, 4) is 5.75 Å². The van der Waals surface area contributed by atoms with Gasteiger partial charge in [0.2, 0.25) is 5.91 Å². The van der Waals surface area contributed by atoms with Crippen molar-refractivity contribution in [1.82, 2.24) is 15.5 Å². The van der Waals surface area contributed by atoms with E-state index in [9.17, 15) is 9.59 Å². The molecule has 172 valence electrons. The van der Waals surface area contributed by atoms with Crippen LogP contribution in [0, 0.1) is 12.8 Å². The van der Waals surface area contributed by atoms with Crippen molar-refractivity contribution in [2.45, 2.75) is 45.7 Å². The molecule has 0 spiro atoms. The molecule has 0 aromatic heterocycles. The van der Waals surface area contributed by atoms with Crippen molar-refractivity contribution in [3.63, 3.8) is 0 Å². The largest absolute Gasteiger partial charge is 0.497 e. The summed E-state index contributed by atoms with van der Waals surface area (Å²) in [6, 6.07) is 14.9. The number of carbonyl (C=O) groups is 2. The van der Waals surface area contributed by atoms with Crippen molar-refractivity contribution >= 4 is 11.8 Å². The van der Waals surface area contributed by atoms with Gasteiger partial charge in [0.05, 0.1) is 13.2 Å². The van der Waals surface area contributed by atoms with Crippen LogP contribution in [0.3, 0.4) is 0 Å². The predicted octanol–water partition coefficient (Wildman–Crippen LogP) is 3.71. The summed E-state index contributed by atoms with van der Waals surface area (Å²) in [5.74, 6) is 0.380. The summed E-state index contributed by atoms with van der Waals surface area (Å²) in [5.41, 5.74) is 2.77. The molecule has 0 bridgehead atoms. The second-order valence-corrected chi connectivity index (χ2v) is 8.84. The standard InChI is InChI=1S/C26H35N3O3/c1-18(2)24(28-25(30)20-12-10-19(3)11-13-20)26(31)27-17-23(29-14-5-6-15-29)21-8-7-9-22(16-21)32-4/h7-13,16,18,23-24H,5-6,14-15,17H2,1-4H3,(H,27,31)(H,28,30). The van der Waals surface area contributed by atoms with Crippen LogP contribution < -0.4 is 15.4 Å². The highest BCUT2D eigenvalue weighted by Crippen LogP contribution is 2.27. The SMILES string of the molecule is COc1cccc(C(CNC(=O)C(NC(=O)c2ccc(C)cc2)C(C)C)N2CCCC2)c1. The van der Waals surface area contributed by atoms with Crippen molar-refractivity contribution in [2.75, 3.05) is 26.7 Å². The second kappa shape index (κ2) is 11.1. The Kier molecular flexibility index (Phi) is 8.28. The maximum Gasteiger partial charge on any atom is 0.251 e. The van der Waals surface area contributed by atoms with Crippen molar-refractivity contribution in [1.29, 1.82) is 0 Å². The van der Waals surface area contributed by atoms with Gasteiger partial charge in [0.15, 0.2) is 0 Å². The zero-order valence-electron chi connectivity index (χ0n) is 19.6. The monoisotopic (exact) mass is 437 g/mol. The molecule has 0 radical (unpaired) electrons. The molecule has 32 heavy (non-hydrogen) atoms. The molecule has 2 N–H and O–H groups in total. The number of methoxy groups -OCH3 is 1. The van der Waals surface area contributed by atoms with E-state index in [4.69, 9.17) is 4.74 Å².